The van der Waals surface area contributed by atoms with Gasteiger partial charge < -0.3 is 14.3 Å². The van der Waals surface area contributed by atoms with E-state index in [0.717, 1.165) is 10.1 Å². The summed E-state index contributed by atoms with van der Waals surface area (Å²) in [6.07, 6.45) is 3.09. The van der Waals surface area contributed by atoms with E-state index in [2.05, 4.69) is 10.3 Å². The fraction of sp³-hybridized carbons (Fsp3) is 0.304. The molecule has 9 heteroatoms. The van der Waals surface area contributed by atoms with Gasteiger partial charge in [-0.25, -0.2) is 14.3 Å². The van der Waals surface area contributed by atoms with Gasteiger partial charge in [0, 0.05) is 6.54 Å². The van der Waals surface area contributed by atoms with E-state index < -0.39 is 23.7 Å². The lowest BCUT2D eigenvalue weighted by molar-refractivity contribution is -0.122. The normalized spacial score (nSPS) is 11.3. The Morgan fingerprint density at radius 3 is 2.56 bits per heavy atom. The average Bonchev–Trinajstić information content (AvgIpc) is 3.43. The summed E-state index contributed by atoms with van der Waals surface area (Å²) in [5, 5.41) is 2.68. The largest absolute Gasteiger partial charge is 0.467 e. The third-order valence-corrected chi connectivity index (χ3v) is 5.07. The molecular formula is C23H25N5O4. The number of aromatic nitrogens is 4. The quantitative estimate of drug-likeness (QED) is 0.456. The van der Waals surface area contributed by atoms with Crippen molar-refractivity contribution in [3.05, 3.63) is 87.2 Å². The van der Waals surface area contributed by atoms with E-state index in [1.807, 2.05) is 44.2 Å². The summed E-state index contributed by atoms with van der Waals surface area (Å²) >= 11 is 0. The number of carbonyl (C=O) groups is 1. The molecule has 0 saturated carbocycles. The minimum atomic E-state index is -0.575. The Labute approximate surface area is 183 Å². The van der Waals surface area contributed by atoms with E-state index in [1.54, 1.807) is 23.0 Å². The number of carbonyl (C=O) groups excluding carboxylic acids is 1. The number of imidazole rings is 1. The molecule has 0 saturated heterocycles. The molecule has 4 aromatic rings. The average molecular weight is 435 g/mol. The molecule has 166 valence electrons. The molecule has 0 bridgehead atoms. The Kier molecular flexibility index (Phi) is 6.07. The smallest absolute Gasteiger partial charge is 0.333 e. The molecule has 4 rings (SSSR count). The van der Waals surface area contributed by atoms with Crippen LogP contribution in [0.4, 0.5) is 0 Å². The van der Waals surface area contributed by atoms with Gasteiger partial charge in [0.25, 0.3) is 5.56 Å². The SMILES string of the molecule is CC(C)Cn1cnc2c1c(=O)n(CC(=O)NCc1ccco1)c(=O)n2Cc1ccccc1. The molecule has 0 unspecified atom stereocenters. The number of hydrogen-bond donors (Lipinski definition) is 1. The molecule has 1 aromatic carbocycles. The van der Waals surface area contributed by atoms with Gasteiger partial charge in [-0.15, -0.1) is 0 Å². The zero-order valence-electron chi connectivity index (χ0n) is 18.0. The van der Waals surface area contributed by atoms with E-state index in [-0.39, 0.29) is 19.0 Å². The number of fused-ring (bicyclic) bond motifs is 1. The van der Waals surface area contributed by atoms with Crippen LogP contribution in [0.2, 0.25) is 0 Å². The summed E-state index contributed by atoms with van der Waals surface area (Å²) in [7, 11) is 0. The van der Waals surface area contributed by atoms with Crippen LogP contribution in [-0.2, 0) is 31.0 Å². The maximum atomic E-state index is 13.3. The molecule has 0 aliphatic carbocycles. The van der Waals surface area contributed by atoms with Crippen LogP contribution in [0.15, 0.2) is 69.1 Å². The highest BCUT2D eigenvalue weighted by molar-refractivity contribution is 5.76. The topological polar surface area (TPSA) is 104 Å². The van der Waals surface area contributed by atoms with Crippen LogP contribution < -0.4 is 16.6 Å². The van der Waals surface area contributed by atoms with Crippen molar-refractivity contribution in [2.24, 2.45) is 5.92 Å². The van der Waals surface area contributed by atoms with Gasteiger partial charge >= 0.3 is 5.69 Å². The third-order valence-electron chi connectivity index (χ3n) is 5.07. The number of benzene rings is 1. The summed E-state index contributed by atoms with van der Waals surface area (Å²) in [4.78, 5) is 43.5. The first-order valence-electron chi connectivity index (χ1n) is 10.5. The fourth-order valence-electron chi connectivity index (χ4n) is 3.62. The molecular weight excluding hydrogens is 410 g/mol. The molecule has 0 spiro atoms. The fourth-order valence-corrected chi connectivity index (χ4v) is 3.62. The van der Waals surface area contributed by atoms with Gasteiger partial charge in [0.15, 0.2) is 11.2 Å². The van der Waals surface area contributed by atoms with Crippen molar-refractivity contribution in [3.63, 3.8) is 0 Å². The first-order valence-corrected chi connectivity index (χ1v) is 10.5. The van der Waals surface area contributed by atoms with Crippen molar-refractivity contribution in [1.29, 1.82) is 0 Å². The lowest BCUT2D eigenvalue weighted by Gasteiger charge is -2.13. The number of nitrogens with zero attached hydrogens (tertiary/aromatic N) is 4. The number of furan rings is 1. The van der Waals surface area contributed by atoms with Crippen molar-refractivity contribution in [3.8, 4) is 0 Å². The standard InChI is InChI=1S/C23H25N5O4/c1-16(2)12-26-15-25-21-20(26)22(30)28(14-19(29)24-11-18-9-6-10-32-18)23(31)27(21)13-17-7-4-3-5-8-17/h3-10,15-16H,11-14H2,1-2H3,(H,24,29). The van der Waals surface area contributed by atoms with Crippen LogP contribution in [0.25, 0.3) is 11.2 Å². The molecule has 32 heavy (non-hydrogen) atoms. The molecule has 0 radical (unpaired) electrons. The first-order chi connectivity index (χ1) is 15.4. The van der Waals surface area contributed by atoms with Gasteiger partial charge in [-0.1, -0.05) is 44.2 Å². The monoisotopic (exact) mass is 435 g/mol. The predicted molar refractivity (Wildman–Crippen MR) is 119 cm³/mol. The van der Waals surface area contributed by atoms with Gasteiger partial charge in [-0.3, -0.25) is 14.2 Å². The van der Waals surface area contributed by atoms with E-state index in [9.17, 15) is 14.4 Å². The molecule has 1 N–H and O–H groups in total. The number of rotatable bonds is 8. The van der Waals surface area contributed by atoms with Crippen molar-refractivity contribution < 1.29 is 9.21 Å². The minimum absolute atomic E-state index is 0.173. The van der Waals surface area contributed by atoms with Crippen molar-refractivity contribution in [2.45, 2.75) is 40.0 Å². The second kappa shape index (κ2) is 9.09. The Hall–Kier alpha value is -3.88. The van der Waals surface area contributed by atoms with Crippen LogP contribution >= 0.6 is 0 Å². The van der Waals surface area contributed by atoms with Gasteiger partial charge in [-0.2, -0.15) is 0 Å². The highest BCUT2D eigenvalue weighted by atomic mass is 16.3. The molecule has 3 aromatic heterocycles. The van der Waals surface area contributed by atoms with Crippen molar-refractivity contribution in [2.75, 3.05) is 0 Å². The molecule has 0 aliphatic heterocycles. The zero-order valence-corrected chi connectivity index (χ0v) is 18.0. The summed E-state index contributed by atoms with van der Waals surface area (Å²) in [5.74, 6) is 0.394. The molecule has 0 atom stereocenters. The minimum Gasteiger partial charge on any atom is -0.467 e. The Bertz CT molecular complexity index is 1330. The third kappa shape index (κ3) is 4.41. The number of nitrogens with one attached hydrogen (secondary N) is 1. The summed E-state index contributed by atoms with van der Waals surface area (Å²) < 4.78 is 9.38. The maximum absolute atomic E-state index is 13.3. The van der Waals surface area contributed by atoms with Crippen LogP contribution in [-0.4, -0.2) is 24.6 Å². The van der Waals surface area contributed by atoms with Gasteiger partial charge in [-0.05, 0) is 23.6 Å². The van der Waals surface area contributed by atoms with Crippen LogP contribution in [0.3, 0.4) is 0 Å². The second-order valence-electron chi connectivity index (χ2n) is 8.06. The molecule has 1 amide bonds. The molecule has 0 fully saturated rings. The van der Waals surface area contributed by atoms with Crippen LogP contribution in [0, 0.1) is 5.92 Å². The summed E-state index contributed by atoms with van der Waals surface area (Å²) in [6.45, 7) is 4.66. The van der Waals surface area contributed by atoms with E-state index >= 15 is 0 Å². The zero-order chi connectivity index (χ0) is 22.7. The highest BCUT2D eigenvalue weighted by Crippen LogP contribution is 2.11. The Balaban J connectivity index is 1.75. The van der Waals surface area contributed by atoms with Crippen LogP contribution in [0.1, 0.15) is 25.2 Å². The van der Waals surface area contributed by atoms with Crippen molar-refractivity contribution >= 4 is 17.1 Å². The maximum Gasteiger partial charge on any atom is 0.333 e. The van der Waals surface area contributed by atoms with E-state index in [0.29, 0.717) is 23.5 Å². The van der Waals surface area contributed by atoms with Gasteiger partial charge in [0.2, 0.25) is 5.91 Å². The molecule has 9 nitrogen and oxygen atoms in total. The van der Waals surface area contributed by atoms with Gasteiger partial charge in [0.1, 0.15) is 12.3 Å². The lowest BCUT2D eigenvalue weighted by atomic mass is 10.2. The van der Waals surface area contributed by atoms with E-state index in [4.69, 9.17) is 4.42 Å². The first kappa shape index (κ1) is 21.4. The Morgan fingerprint density at radius 1 is 1.09 bits per heavy atom. The number of hydrogen-bond acceptors (Lipinski definition) is 5. The summed E-state index contributed by atoms with van der Waals surface area (Å²) in [6, 6.07) is 12.9. The highest BCUT2D eigenvalue weighted by Gasteiger charge is 2.20. The summed E-state index contributed by atoms with van der Waals surface area (Å²) in [5.41, 5.74) is 0.418. The molecule has 3 heterocycles. The second-order valence-corrected chi connectivity index (χ2v) is 8.06. The van der Waals surface area contributed by atoms with E-state index in [1.165, 1.54) is 10.8 Å². The van der Waals surface area contributed by atoms with Gasteiger partial charge in [0.05, 0.1) is 25.7 Å². The van der Waals surface area contributed by atoms with Crippen molar-refractivity contribution in [1.82, 2.24) is 24.0 Å². The number of amides is 1. The van der Waals surface area contributed by atoms with Crippen LogP contribution in [0.5, 0.6) is 0 Å². The molecule has 0 aliphatic rings. The Morgan fingerprint density at radius 2 is 1.88 bits per heavy atom. The predicted octanol–water partition coefficient (Wildman–Crippen LogP) is 1.97. The lowest BCUT2D eigenvalue weighted by Crippen LogP contribution is -2.44.